The predicted octanol–water partition coefficient (Wildman–Crippen LogP) is 2.29. The highest BCUT2D eigenvalue weighted by molar-refractivity contribution is 5.75. The normalized spacial score (nSPS) is 15.3. The molecular formula is C12H10F6O4. The molecule has 0 saturated carbocycles. The molecule has 0 radical (unpaired) electrons. The fourth-order valence-corrected chi connectivity index (χ4v) is 1.79. The number of esters is 1. The van der Waals surface area contributed by atoms with Crippen LogP contribution in [0.25, 0.3) is 0 Å². The van der Waals surface area contributed by atoms with Crippen molar-refractivity contribution in [3.63, 3.8) is 0 Å². The summed E-state index contributed by atoms with van der Waals surface area (Å²) in [5.41, 5.74) is -5.25. The number of rotatable bonds is 3. The molecule has 0 spiro atoms. The van der Waals surface area contributed by atoms with Crippen LogP contribution in [0, 0.1) is 0 Å². The number of methoxy groups -OCH3 is 1. The van der Waals surface area contributed by atoms with Crippen molar-refractivity contribution in [3.05, 3.63) is 34.9 Å². The number of halogens is 6. The molecule has 22 heavy (non-hydrogen) atoms. The van der Waals surface area contributed by atoms with E-state index in [2.05, 4.69) is 4.74 Å². The first-order chi connectivity index (χ1) is 9.91. The fourth-order valence-electron chi connectivity index (χ4n) is 1.79. The topological polar surface area (TPSA) is 66.8 Å². The maximum absolute atomic E-state index is 12.8. The number of aliphatic hydroxyl groups is 2. The highest BCUT2D eigenvalue weighted by Crippen LogP contribution is 2.42. The molecule has 1 aromatic rings. The van der Waals surface area contributed by atoms with Crippen LogP contribution < -0.4 is 0 Å². The van der Waals surface area contributed by atoms with Gasteiger partial charge in [-0.15, -0.1) is 0 Å². The second kappa shape index (κ2) is 6.13. The Kier molecular flexibility index (Phi) is 5.08. The van der Waals surface area contributed by atoms with Crippen molar-refractivity contribution in [3.8, 4) is 0 Å². The molecule has 0 heterocycles. The van der Waals surface area contributed by atoms with Gasteiger partial charge in [-0.2, -0.15) is 26.3 Å². The summed E-state index contributed by atoms with van der Waals surface area (Å²) in [7, 11) is 0.749. The maximum Gasteiger partial charge on any atom is 0.416 e. The van der Waals surface area contributed by atoms with E-state index in [9.17, 15) is 41.4 Å². The van der Waals surface area contributed by atoms with E-state index in [1.165, 1.54) is 0 Å². The molecule has 4 nitrogen and oxygen atoms in total. The van der Waals surface area contributed by atoms with Gasteiger partial charge >= 0.3 is 18.3 Å². The van der Waals surface area contributed by atoms with E-state index in [1.807, 2.05) is 0 Å². The Balaban J connectivity index is 3.57. The van der Waals surface area contributed by atoms with Crippen molar-refractivity contribution in [1.82, 2.24) is 0 Å². The largest absolute Gasteiger partial charge is 0.467 e. The van der Waals surface area contributed by atoms with E-state index in [4.69, 9.17) is 0 Å². The van der Waals surface area contributed by atoms with Crippen LogP contribution in [0.2, 0.25) is 0 Å². The standard InChI is InChI=1S/C12H10F6O4/c1-22-10(21)9(20)8(19)7-5(11(13,14)15)3-2-4-6(7)12(16,17)18/h2-4,8-9,19-20H,1H3. The smallest absolute Gasteiger partial charge is 0.416 e. The first-order valence-electron chi connectivity index (χ1n) is 5.62. The summed E-state index contributed by atoms with van der Waals surface area (Å²) in [6.07, 6.45) is -15.8. The summed E-state index contributed by atoms with van der Waals surface area (Å²) in [4.78, 5) is 11.1. The Morgan fingerprint density at radius 1 is 1.05 bits per heavy atom. The molecule has 0 bridgehead atoms. The molecule has 124 valence electrons. The van der Waals surface area contributed by atoms with Crippen LogP contribution in [0.4, 0.5) is 26.3 Å². The van der Waals surface area contributed by atoms with E-state index in [1.54, 1.807) is 0 Å². The molecule has 0 aromatic heterocycles. The van der Waals surface area contributed by atoms with E-state index in [-0.39, 0.29) is 0 Å². The van der Waals surface area contributed by atoms with Crippen LogP contribution in [0.5, 0.6) is 0 Å². The third-order valence-corrected chi connectivity index (χ3v) is 2.75. The summed E-state index contributed by atoms with van der Waals surface area (Å²) >= 11 is 0. The minimum Gasteiger partial charge on any atom is -0.467 e. The van der Waals surface area contributed by atoms with E-state index in [0.29, 0.717) is 18.2 Å². The van der Waals surface area contributed by atoms with Gasteiger partial charge in [0.05, 0.1) is 18.2 Å². The fraction of sp³-hybridized carbons (Fsp3) is 0.417. The molecule has 0 fully saturated rings. The molecule has 1 aromatic carbocycles. The van der Waals surface area contributed by atoms with E-state index >= 15 is 0 Å². The van der Waals surface area contributed by atoms with Gasteiger partial charge in [0.25, 0.3) is 0 Å². The van der Waals surface area contributed by atoms with Crippen LogP contribution in [0.1, 0.15) is 22.8 Å². The Bertz CT molecular complexity index is 519. The second-order valence-corrected chi connectivity index (χ2v) is 4.18. The number of alkyl halides is 6. The lowest BCUT2D eigenvalue weighted by atomic mass is 9.92. The number of benzene rings is 1. The quantitative estimate of drug-likeness (QED) is 0.658. The number of aliphatic hydroxyl groups excluding tert-OH is 2. The minimum atomic E-state index is -5.23. The Hall–Kier alpha value is -1.81. The van der Waals surface area contributed by atoms with Crippen molar-refractivity contribution in [2.75, 3.05) is 7.11 Å². The monoisotopic (exact) mass is 332 g/mol. The van der Waals surface area contributed by atoms with Crippen LogP contribution >= 0.6 is 0 Å². The summed E-state index contributed by atoms with van der Waals surface area (Å²) in [5.74, 6) is -1.57. The minimum absolute atomic E-state index is 0.303. The van der Waals surface area contributed by atoms with Gasteiger partial charge < -0.3 is 14.9 Å². The lowest BCUT2D eigenvalue weighted by Gasteiger charge is -2.24. The van der Waals surface area contributed by atoms with Gasteiger partial charge in [-0.25, -0.2) is 4.79 Å². The van der Waals surface area contributed by atoms with Crippen LogP contribution in [-0.2, 0) is 21.9 Å². The first-order valence-corrected chi connectivity index (χ1v) is 5.62. The predicted molar refractivity (Wildman–Crippen MR) is 59.4 cm³/mol. The molecule has 1 rings (SSSR count). The van der Waals surface area contributed by atoms with Crippen molar-refractivity contribution < 1.29 is 46.1 Å². The van der Waals surface area contributed by atoms with Crippen molar-refractivity contribution in [2.24, 2.45) is 0 Å². The van der Waals surface area contributed by atoms with Crippen molar-refractivity contribution in [1.29, 1.82) is 0 Å². The second-order valence-electron chi connectivity index (χ2n) is 4.18. The molecule has 0 saturated heterocycles. The highest BCUT2D eigenvalue weighted by Gasteiger charge is 2.44. The average Bonchev–Trinajstić information content (AvgIpc) is 2.42. The highest BCUT2D eigenvalue weighted by atomic mass is 19.4. The zero-order chi connectivity index (χ0) is 17.3. The van der Waals surface area contributed by atoms with E-state index < -0.39 is 47.2 Å². The third kappa shape index (κ3) is 3.69. The number of hydrogen-bond acceptors (Lipinski definition) is 4. The van der Waals surface area contributed by atoms with Gasteiger partial charge in [0.15, 0.2) is 6.10 Å². The SMILES string of the molecule is COC(=O)C(O)C(O)c1c(C(F)(F)F)cccc1C(F)(F)F. The van der Waals surface area contributed by atoms with Gasteiger partial charge in [-0.05, 0) is 12.1 Å². The zero-order valence-electron chi connectivity index (χ0n) is 10.9. The lowest BCUT2D eigenvalue weighted by molar-refractivity contribution is -0.161. The summed E-state index contributed by atoms with van der Waals surface area (Å²) in [6.45, 7) is 0. The number of ether oxygens (including phenoxy) is 1. The molecule has 0 amide bonds. The first kappa shape index (κ1) is 18.2. The number of carbonyl (C=O) groups excluding carboxylic acids is 1. The molecule has 0 aliphatic rings. The van der Waals surface area contributed by atoms with Crippen molar-refractivity contribution in [2.45, 2.75) is 24.6 Å². The zero-order valence-corrected chi connectivity index (χ0v) is 10.9. The molecule has 2 atom stereocenters. The Labute approximate surface area is 119 Å². The van der Waals surface area contributed by atoms with Gasteiger partial charge in [0, 0.05) is 5.56 Å². The van der Waals surface area contributed by atoms with Crippen LogP contribution in [-0.4, -0.2) is 29.4 Å². The van der Waals surface area contributed by atoms with Gasteiger partial charge in [0.1, 0.15) is 6.10 Å². The van der Waals surface area contributed by atoms with Gasteiger partial charge in [0.2, 0.25) is 0 Å². The molecule has 10 heteroatoms. The molecule has 2 unspecified atom stereocenters. The maximum atomic E-state index is 12.8. The van der Waals surface area contributed by atoms with Crippen LogP contribution in [0.15, 0.2) is 18.2 Å². The summed E-state index contributed by atoms with van der Waals surface area (Å²) in [6, 6.07) is 1.11. The molecule has 0 aliphatic heterocycles. The average molecular weight is 332 g/mol. The summed E-state index contributed by atoms with van der Waals surface area (Å²) < 4.78 is 81.1. The Morgan fingerprint density at radius 2 is 1.45 bits per heavy atom. The third-order valence-electron chi connectivity index (χ3n) is 2.75. The summed E-state index contributed by atoms with van der Waals surface area (Å²) in [5, 5.41) is 19.0. The van der Waals surface area contributed by atoms with E-state index in [0.717, 1.165) is 7.11 Å². The van der Waals surface area contributed by atoms with Gasteiger partial charge in [-0.3, -0.25) is 0 Å². The molecular weight excluding hydrogens is 322 g/mol. The van der Waals surface area contributed by atoms with Crippen molar-refractivity contribution >= 4 is 5.97 Å². The Morgan fingerprint density at radius 3 is 1.77 bits per heavy atom. The molecule has 0 aliphatic carbocycles. The molecule has 2 N–H and O–H groups in total. The number of hydrogen-bond donors (Lipinski definition) is 2. The lowest BCUT2D eigenvalue weighted by Crippen LogP contribution is -2.32. The van der Waals surface area contributed by atoms with Gasteiger partial charge in [-0.1, -0.05) is 6.07 Å². The number of carbonyl (C=O) groups is 1. The van der Waals surface area contributed by atoms with Crippen LogP contribution in [0.3, 0.4) is 0 Å².